The molecule has 1 N–H and O–H groups in total. The Morgan fingerprint density at radius 3 is 2.78 bits per heavy atom. The molecule has 0 unspecified atom stereocenters. The molecular formula is C19H16ClFN4O2. The zero-order valence-electron chi connectivity index (χ0n) is 14.2. The fourth-order valence-corrected chi connectivity index (χ4v) is 3.24. The number of carbonyl (C=O) groups excluding carboxylic acids is 1. The third-order valence-corrected chi connectivity index (χ3v) is 4.70. The predicted molar refractivity (Wildman–Crippen MR) is 98.8 cm³/mol. The molecule has 2 amide bonds. The molecule has 1 saturated heterocycles. The van der Waals surface area contributed by atoms with Crippen molar-refractivity contribution >= 4 is 23.3 Å². The Bertz CT molecular complexity index is 960. The van der Waals surface area contributed by atoms with Gasteiger partial charge in [0, 0.05) is 17.3 Å². The molecule has 1 atom stereocenters. The summed E-state index contributed by atoms with van der Waals surface area (Å²) in [5.41, 5.74) is 0.912. The van der Waals surface area contributed by atoms with Crippen molar-refractivity contribution in [1.82, 2.24) is 15.0 Å². The van der Waals surface area contributed by atoms with Gasteiger partial charge in [-0.15, -0.1) is 0 Å². The van der Waals surface area contributed by atoms with Gasteiger partial charge in [-0.3, -0.25) is 0 Å². The molecule has 27 heavy (non-hydrogen) atoms. The normalized spacial score (nSPS) is 16.5. The highest BCUT2D eigenvalue weighted by molar-refractivity contribution is 6.30. The van der Waals surface area contributed by atoms with E-state index in [2.05, 4.69) is 15.5 Å². The van der Waals surface area contributed by atoms with Gasteiger partial charge >= 0.3 is 6.03 Å². The van der Waals surface area contributed by atoms with Crippen LogP contribution in [0.3, 0.4) is 0 Å². The van der Waals surface area contributed by atoms with Gasteiger partial charge in [-0.2, -0.15) is 4.98 Å². The zero-order valence-corrected chi connectivity index (χ0v) is 15.0. The lowest BCUT2D eigenvalue weighted by Gasteiger charge is -2.22. The van der Waals surface area contributed by atoms with Gasteiger partial charge in [0.15, 0.2) is 0 Å². The Balaban J connectivity index is 1.52. The van der Waals surface area contributed by atoms with Gasteiger partial charge in [-0.1, -0.05) is 28.9 Å². The van der Waals surface area contributed by atoms with Gasteiger partial charge in [0.05, 0.1) is 5.56 Å². The van der Waals surface area contributed by atoms with Gasteiger partial charge in [0.25, 0.3) is 0 Å². The van der Waals surface area contributed by atoms with Crippen molar-refractivity contribution in [1.29, 1.82) is 0 Å². The number of carbonyl (C=O) groups is 1. The first-order chi connectivity index (χ1) is 13.1. The van der Waals surface area contributed by atoms with E-state index in [0.717, 1.165) is 6.42 Å². The quantitative estimate of drug-likeness (QED) is 0.695. The second-order valence-corrected chi connectivity index (χ2v) is 6.66. The highest BCUT2D eigenvalue weighted by Crippen LogP contribution is 2.33. The van der Waals surface area contributed by atoms with Crippen LogP contribution in [-0.2, 0) is 0 Å². The van der Waals surface area contributed by atoms with Crippen LogP contribution in [0.15, 0.2) is 53.1 Å². The maximum atomic E-state index is 13.9. The third-order valence-electron chi connectivity index (χ3n) is 4.45. The number of rotatable bonds is 3. The molecular weight excluding hydrogens is 371 g/mol. The molecule has 1 fully saturated rings. The van der Waals surface area contributed by atoms with E-state index in [-0.39, 0.29) is 23.5 Å². The number of nitrogens with one attached hydrogen (secondary N) is 1. The van der Waals surface area contributed by atoms with Crippen LogP contribution in [0.25, 0.3) is 11.4 Å². The molecule has 8 heteroatoms. The number of urea groups is 1. The minimum atomic E-state index is -0.423. The van der Waals surface area contributed by atoms with E-state index in [1.54, 1.807) is 47.4 Å². The van der Waals surface area contributed by atoms with Crippen LogP contribution in [-0.4, -0.2) is 27.6 Å². The van der Waals surface area contributed by atoms with Gasteiger partial charge in [0.1, 0.15) is 11.9 Å². The van der Waals surface area contributed by atoms with Gasteiger partial charge < -0.3 is 14.7 Å². The monoisotopic (exact) mass is 386 g/mol. The van der Waals surface area contributed by atoms with E-state index in [4.69, 9.17) is 16.1 Å². The lowest BCUT2D eigenvalue weighted by atomic mass is 10.2. The second-order valence-electron chi connectivity index (χ2n) is 6.22. The fourth-order valence-electron chi connectivity index (χ4n) is 3.12. The molecule has 0 aliphatic carbocycles. The van der Waals surface area contributed by atoms with E-state index in [9.17, 15) is 9.18 Å². The summed E-state index contributed by atoms with van der Waals surface area (Å²) in [6.07, 6.45) is 1.52. The molecule has 3 aromatic rings. The number of anilines is 1. The first kappa shape index (κ1) is 17.5. The van der Waals surface area contributed by atoms with E-state index in [1.165, 1.54) is 6.07 Å². The van der Waals surface area contributed by atoms with Crippen LogP contribution in [0.2, 0.25) is 5.02 Å². The Labute approximate surface area is 159 Å². The van der Waals surface area contributed by atoms with Crippen LogP contribution in [0.5, 0.6) is 0 Å². The molecule has 0 saturated carbocycles. The predicted octanol–water partition coefficient (Wildman–Crippen LogP) is 4.90. The summed E-state index contributed by atoms with van der Waals surface area (Å²) in [7, 11) is 0. The Kier molecular flexibility index (Phi) is 4.77. The number of nitrogens with zero attached hydrogens (tertiary/aromatic N) is 3. The first-order valence-electron chi connectivity index (χ1n) is 8.53. The van der Waals surface area contributed by atoms with Crippen LogP contribution in [0.4, 0.5) is 14.9 Å². The number of benzene rings is 2. The SMILES string of the molecule is O=C(Nc1ccc(Cl)cc1)N1CCC[C@H]1c1nc(-c2ccccc2F)no1. The maximum Gasteiger partial charge on any atom is 0.322 e. The van der Waals surface area contributed by atoms with E-state index < -0.39 is 5.82 Å². The lowest BCUT2D eigenvalue weighted by Crippen LogP contribution is -2.34. The summed E-state index contributed by atoms with van der Waals surface area (Å²) in [5.74, 6) is 0.0543. The van der Waals surface area contributed by atoms with Crippen molar-refractivity contribution < 1.29 is 13.7 Å². The molecule has 6 nitrogen and oxygen atoms in total. The van der Waals surface area contributed by atoms with Crippen molar-refractivity contribution in [3.05, 3.63) is 65.3 Å². The molecule has 0 spiro atoms. The molecule has 4 rings (SSSR count). The van der Waals surface area contributed by atoms with Crippen molar-refractivity contribution in [2.45, 2.75) is 18.9 Å². The van der Waals surface area contributed by atoms with Gasteiger partial charge in [-0.25, -0.2) is 9.18 Å². The summed E-state index contributed by atoms with van der Waals surface area (Å²) in [6, 6.07) is 12.5. The Morgan fingerprint density at radius 1 is 1.22 bits per heavy atom. The summed E-state index contributed by atoms with van der Waals surface area (Å²) < 4.78 is 19.3. The topological polar surface area (TPSA) is 71.3 Å². The smallest absolute Gasteiger partial charge is 0.322 e. The van der Waals surface area contributed by atoms with Crippen LogP contribution in [0, 0.1) is 5.82 Å². The highest BCUT2D eigenvalue weighted by Gasteiger charge is 2.34. The maximum absolute atomic E-state index is 13.9. The number of hydrogen-bond donors (Lipinski definition) is 1. The first-order valence-corrected chi connectivity index (χ1v) is 8.91. The lowest BCUT2D eigenvalue weighted by molar-refractivity contribution is 0.193. The summed E-state index contributed by atoms with van der Waals surface area (Å²) in [5, 5.41) is 7.31. The number of amides is 2. The average Bonchev–Trinajstić information content (AvgIpc) is 3.33. The van der Waals surface area contributed by atoms with E-state index in [1.807, 2.05) is 0 Å². The molecule has 138 valence electrons. The van der Waals surface area contributed by atoms with Crippen molar-refractivity contribution in [3.8, 4) is 11.4 Å². The number of hydrogen-bond acceptors (Lipinski definition) is 4. The number of aromatic nitrogens is 2. The minimum absolute atomic E-state index is 0.174. The van der Waals surface area contributed by atoms with Crippen LogP contribution in [0.1, 0.15) is 24.8 Å². The third kappa shape index (κ3) is 3.64. The standard InChI is InChI=1S/C19H16ClFN4O2/c20-12-7-9-13(10-8-12)22-19(26)25-11-3-6-16(25)18-23-17(24-27-18)14-4-1-2-5-15(14)21/h1-2,4-5,7-10,16H,3,6,11H2,(H,22,26)/t16-/m0/s1. The summed E-state index contributed by atoms with van der Waals surface area (Å²) in [6.45, 7) is 0.571. The van der Waals surface area contributed by atoms with E-state index >= 15 is 0 Å². The molecule has 1 aliphatic rings. The van der Waals surface area contributed by atoms with Crippen molar-refractivity contribution in [3.63, 3.8) is 0 Å². The minimum Gasteiger partial charge on any atom is -0.337 e. The molecule has 1 aliphatic heterocycles. The Hall–Kier alpha value is -2.93. The van der Waals surface area contributed by atoms with Crippen LogP contribution < -0.4 is 5.32 Å². The van der Waals surface area contributed by atoms with E-state index in [0.29, 0.717) is 29.6 Å². The van der Waals surface area contributed by atoms with Gasteiger partial charge in [0.2, 0.25) is 11.7 Å². The Morgan fingerprint density at radius 2 is 2.00 bits per heavy atom. The molecule has 2 aromatic carbocycles. The molecule has 0 bridgehead atoms. The number of halogens is 2. The second kappa shape index (κ2) is 7.36. The zero-order chi connectivity index (χ0) is 18.8. The highest BCUT2D eigenvalue weighted by atomic mass is 35.5. The van der Waals surface area contributed by atoms with Gasteiger partial charge in [-0.05, 0) is 49.2 Å². The molecule has 0 radical (unpaired) electrons. The van der Waals surface area contributed by atoms with Crippen molar-refractivity contribution in [2.75, 3.05) is 11.9 Å². The summed E-state index contributed by atoms with van der Waals surface area (Å²) >= 11 is 5.87. The fraction of sp³-hybridized carbons (Fsp3) is 0.211. The molecule has 2 heterocycles. The van der Waals surface area contributed by atoms with Crippen LogP contribution >= 0.6 is 11.6 Å². The largest absolute Gasteiger partial charge is 0.337 e. The summed E-state index contributed by atoms with van der Waals surface area (Å²) in [4.78, 5) is 18.6. The average molecular weight is 387 g/mol. The molecule has 1 aromatic heterocycles. The van der Waals surface area contributed by atoms with Crippen molar-refractivity contribution in [2.24, 2.45) is 0 Å². The number of likely N-dealkylation sites (tertiary alicyclic amines) is 1.